The standard InChI is InChI=1S/C17H21N3O9/c1-8(21)18-13-5-6-20(17(25)19-13)16-15(28-11(4)24)14(27-10(3)23)12(29-16)7-26-9(2)22/h5-6,12,14-16H,7H2,1-4H3,(H,18,19,21,25)/t12-,14+,15-,16-/m0/s1. The van der Waals surface area contributed by atoms with E-state index in [0.29, 0.717) is 0 Å². The molecule has 2 rings (SSSR count). The second-order valence-corrected chi connectivity index (χ2v) is 6.20. The van der Waals surface area contributed by atoms with Gasteiger partial charge in [-0.05, 0) is 6.07 Å². The van der Waals surface area contributed by atoms with Crippen LogP contribution in [0, 0.1) is 0 Å². The molecule has 0 aliphatic carbocycles. The number of carbonyl (C=O) groups is 4. The number of carbonyl (C=O) groups excluding carboxylic acids is 4. The summed E-state index contributed by atoms with van der Waals surface area (Å²) >= 11 is 0. The Labute approximate surface area is 165 Å². The predicted molar refractivity (Wildman–Crippen MR) is 94.5 cm³/mol. The van der Waals surface area contributed by atoms with Crippen LogP contribution >= 0.6 is 0 Å². The number of nitrogens with one attached hydrogen (secondary N) is 1. The zero-order valence-corrected chi connectivity index (χ0v) is 16.2. The molecule has 0 spiro atoms. The van der Waals surface area contributed by atoms with Gasteiger partial charge in [0.1, 0.15) is 18.5 Å². The Hall–Kier alpha value is -3.28. The summed E-state index contributed by atoms with van der Waals surface area (Å²) in [5, 5.41) is 2.37. The lowest BCUT2D eigenvalue weighted by Gasteiger charge is -2.23. The van der Waals surface area contributed by atoms with E-state index in [-0.39, 0.29) is 12.4 Å². The Kier molecular flexibility index (Phi) is 7.04. The number of amides is 1. The number of esters is 3. The van der Waals surface area contributed by atoms with E-state index in [1.807, 2.05) is 0 Å². The highest BCUT2D eigenvalue weighted by Crippen LogP contribution is 2.33. The maximum absolute atomic E-state index is 12.4. The molecule has 29 heavy (non-hydrogen) atoms. The van der Waals surface area contributed by atoms with Crippen molar-refractivity contribution in [2.75, 3.05) is 11.9 Å². The topological polar surface area (TPSA) is 152 Å². The number of ether oxygens (including phenoxy) is 4. The second-order valence-electron chi connectivity index (χ2n) is 6.20. The molecule has 0 unspecified atom stereocenters. The normalized spacial score (nSPS) is 23.2. The molecule has 12 heteroatoms. The van der Waals surface area contributed by atoms with Gasteiger partial charge in [-0.15, -0.1) is 0 Å². The van der Waals surface area contributed by atoms with Crippen LogP contribution < -0.4 is 11.0 Å². The number of rotatable bonds is 6. The molecule has 0 aromatic carbocycles. The molecule has 0 bridgehead atoms. The monoisotopic (exact) mass is 411 g/mol. The van der Waals surface area contributed by atoms with Crippen LogP contribution in [0.25, 0.3) is 0 Å². The van der Waals surface area contributed by atoms with Gasteiger partial charge in [0, 0.05) is 33.9 Å². The third kappa shape index (κ3) is 5.85. The molecule has 1 N–H and O–H groups in total. The minimum Gasteiger partial charge on any atom is -0.463 e. The second kappa shape index (κ2) is 9.28. The van der Waals surface area contributed by atoms with Crippen LogP contribution in [0.2, 0.25) is 0 Å². The number of aromatic nitrogens is 2. The van der Waals surface area contributed by atoms with Gasteiger partial charge in [0.15, 0.2) is 18.4 Å². The molecule has 12 nitrogen and oxygen atoms in total. The van der Waals surface area contributed by atoms with Gasteiger partial charge in [0.25, 0.3) is 0 Å². The SMILES string of the molecule is CC(=O)Nc1ccn([C@H]2O[C@@H](COC(C)=O)[C@@H](OC(C)=O)[C@@H]2OC(C)=O)c(=O)n1. The Balaban J connectivity index is 2.40. The van der Waals surface area contributed by atoms with Crippen LogP contribution in [0.1, 0.15) is 33.9 Å². The van der Waals surface area contributed by atoms with E-state index in [1.54, 1.807) is 0 Å². The highest BCUT2D eigenvalue weighted by Gasteiger charge is 2.50. The zero-order chi connectivity index (χ0) is 21.7. The zero-order valence-electron chi connectivity index (χ0n) is 16.2. The third-order valence-corrected chi connectivity index (χ3v) is 3.75. The summed E-state index contributed by atoms with van der Waals surface area (Å²) in [7, 11) is 0. The molecule has 1 aliphatic heterocycles. The van der Waals surface area contributed by atoms with E-state index in [1.165, 1.54) is 26.1 Å². The molecule has 1 aromatic rings. The van der Waals surface area contributed by atoms with Gasteiger partial charge in [-0.1, -0.05) is 0 Å². The molecule has 2 heterocycles. The van der Waals surface area contributed by atoms with E-state index in [2.05, 4.69) is 10.3 Å². The Morgan fingerprint density at radius 2 is 1.69 bits per heavy atom. The maximum Gasteiger partial charge on any atom is 0.351 e. The average Bonchev–Trinajstić information content (AvgIpc) is 2.89. The molecule has 1 aromatic heterocycles. The maximum atomic E-state index is 12.4. The molecular weight excluding hydrogens is 390 g/mol. The summed E-state index contributed by atoms with van der Waals surface area (Å²) in [4.78, 5) is 61.5. The molecule has 158 valence electrons. The average molecular weight is 411 g/mol. The highest BCUT2D eigenvalue weighted by molar-refractivity contribution is 5.87. The quantitative estimate of drug-likeness (QED) is 0.480. The van der Waals surface area contributed by atoms with Crippen LogP contribution in [-0.2, 0) is 38.1 Å². The van der Waals surface area contributed by atoms with Crippen molar-refractivity contribution in [1.82, 2.24) is 9.55 Å². The fourth-order valence-corrected chi connectivity index (χ4v) is 2.77. The van der Waals surface area contributed by atoms with E-state index in [4.69, 9.17) is 18.9 Å². The minimum atomic E-state index is -1.21. The fourth-order valence-electron chi connectivity index (χ4n) is 2.77. The van der Waals surface area contributed by atoms with Crippen molar-refractivity contribution >= 4 is 29.6 Å². The van der Waals surface area contributed by atoms with Crippen LogP contribution in [0.4, 0.5) is 5.82 Å². The van der Waals surface area contributed by atoms with Crippen molar-refractivity contribution in [3.63, 3.8) is 0 Å². The molecule has 1 amide bonds. The highest BCUT2D eigenvalue weighted by atomic mass is 16.7. The predicted octanol–water partition coefficient (Wildman–Crippen LogP) is -0.474. The van der Waals surface area contributed by atoms with E-state index in [0.717, 1.165) is 18.4 Å². The van der Waals surface area contributed by atoms with E-state index >= 15 is 0 Å². The minimum absolute atomic E-state index is 0.0220. The van der Waals surface area contributed by atoms with Crippen LogP contribution in [0.5, 0.6) is 0 Å². The van der Waals surface area contributed by atoms with Crippen molar-refractivity contribution in [2.45, 2.75) is 52.2 Å². The first-order valence-corrected chi connectivity index (χ1v) is 8.58. The van der Waals surface area contributed by atoms with Crippen molar-refractivity contribution < 1.29 is 38.1 Å². The van der Waals surface area contributed by atoms with Gasteiger partial charge in [0.05, 0.1) is 0 Å². The summed E-state index contributed by atoms with van der Waals surface area (Å²) in [6.07, 6.45) is -3.28. The van der Waals surface area contributed by atoms with Crippen molar-refractivity contribution in [1.29, 1.82) is 0 Å². The Morgan fingerprint density at radius 3 is 2.21 bits per heavy atom. The van der Waals surface area contributed by atoms with Crippen LogP contribution in [0.3, 0.4) is 0 Å². The number of nitrogens with zero attached hydrogens (tertiary/aromatic N) is 2. The van der Waals surface area contributed by atoms with Gasteiger partial charge < -0.3 is 24.3 Å². The van der Waals surface area contributed by atoms with Gasteiger partial charge >= 0.3 is 23.6 Å². The summed E-state index contributed by atoms with van der Waals surface area (Å²) in [5.41, 5.74) is -0.812. The van der Waals surface area contributed by atoms with Crippen molar-refractivity contribution in [3.05, 3.63) is 22.7 Å². The third-order valence-electron chi connectivity index (χ3n) is 3.75. The van der Waals surface area contributed by atoms with Gasteiger partial charge in [-0.2, -0.15) is 4.98 Å². The lowest BCUT2D eigenvalue weighted by molar-refractivity contribution is -0.166. The molecule has 1 aliphatic rings. The summed E-state index contributed by atoms with van der Waals surface area (Å²) in [5.74, 6) is -2.38. The summed E-state index contributed by atoms with van der Waals surface area (Å²) < 4.78 is 22.1. The van der Waals surface area contributed by atoms with E-state index in [9.17, 15) is 24.0 Å². The van der Waals surface area contributed by atoms with Crippen molar-refractivity contribution in [2.24, 2.45) is 0 Å². The van der Waals surface area contributed by atoms with E-state index < -0.39 is 54.0 Å². The van der Waals surface area contributed by atoms with Gasteiger partial charge in [-0.25, -0.2) is 4.79 Å². The molecule has 4 atom stereocenters. The number of hydrogen-bond donors (Lipinski definition) is 1. The first-order chi connectivity index (χ1) is 13.6. The molecule has 1 saturated heterocycles. The molecular formula is C17H21N3O9. The molecule has 0 saturated carbocycles. The van der Waals surface area contributed by atoms with Crippen molar-refractivity contribution in [3.8, 4) is 0 Å². The lowest BCUT2D eigenvalue weighted by Crippen LogP contribution is -2.41. The van der Waals surface area contributed by atoms with Gasteiger partial charge in [-0.3, -0.25) is 23.7 Å². The number of hydrogen-bond acceptors (Lipinski definition) is 10. The molecule has 0 radical (unpaired) electrons. The Morgan fingerprint density at radius 1 is 1.07 bits per heavy atom. The largest absolute Gasteiger partial charge is 0.463 e. The van der Waals surface area contributed by atoms with Gasteiger partial charge in [0.2, 0.25) is 5.91 Å². The fraction of sp³-hybridized carbons (Fsp3) is 0.529. The summed E-state index contributed by atoms with van der Waals surface area (Å²) in [6, 6.07) is 1.34. The lowest BCUT2D eigenvalue weighted by atomic mass is 10.1. The van der Waals surface area contributed by atoms with Crippen LogP contribution in [-0.4, -0.2) is 58.3 Å². The first-order valence-electron chi connectivity index (χ1n) is 8.58. The summed E-state index contributed by atoms with van der Waals surface area (Å²) in [6.45, 7) is 4.44. The van der Waals surface area contributed by atoms with Crippen LogP contribution in [0.15, 0.2) is 17.1 Å². The smallest absolute Gasteiger partial charge is 0.351 e. The number of anilines is 1. The Bertz CT molecular complexity index is 866. The first kappa shape index (κ1) is 22.0. The molecule has 1 fully saturated rings.